The lowest BCUT2D eigenvalue weighted by molar-refractivity contribution is -0.118. The average molecular weight is 395 g/mol. The number of nitrogens with zero attached hydrogens (tertiary/aromatic N) is 4. The molecule has 0 aliphatic carbocycles. The highest BCUT2D eigenvalue weighted by molar-refractivity contribution is 5.95. The molecule has 0 unspecified atom stereocenters. The Morgan fingerprint density at radius 1 is 1.14 bits per heavy atom. The first-order chi connectivity index (χ1) is 14.1. The van der Waals surface area contributed by atoms with Crippen molar-refractivity contribution in [3.05, 3.63) is 41.6 Å². The van der Waals surface area contributed by atoms with Gasteiger partial charge in [-0.25, -0.2) is 4.98 Å². The van der Waals surface area contributed by atoms with Gasteiger partial charge >= 0.3 is 0 Å². The Kier molecular flexibility index (Phi) is 5.71. The normalized spacial score (nSPS) is 16.3. The summed E-state index contributed by atoms with van der Waals surface area (Å²) >= 11 is 0. The number of rotatable bonds is 4. The van der Waals surface area contributed by atoms with Crippen molar-refractivity contribution in [1.29, 1.82) is 0 Å². The molecule has 152 valence electrons. The molecule has 1 N–H and O–H groups in total. The minimum atomic E-state index is -0.116. The van der Waals surface area contributed by atoms with Crippen LogP contribution in [0.5, 0.6) is 0 Å². The van der Waals surface area contributed by atoms with E-state index in [1.807, 2.05) is 30.5 Å². The maximum atomic E-state index is 13.0. The summed E-state index contributed by atoms with van der Waals surface area (Å²) in [7, 11) is 0. The number of aryl methyl sites for hydroxylation is 1. The second-order valence-electron chi connectivity index (χ2n) is 7.32. The zero-order valence-corrected chi connectivity index (χ0v) is 16.6. The van der Waals surface area contributed by atoms with E-state index in [1.165, 1.54) is 6.92 Å². The Morgan fingerprint density at radius 3 is 2.62 bits per heavy atom. The fraction of sp³-hybridized carbons (Fsp3) is 0.429. The zero-order chi connectivity index (χ0) is 20.2. The summed E-state index contributed by atoms with van der Waals surface area (Å²) in [4.78, 5) is 37.3. The largest absolute Gasteiger partial charge is 0.378 e. The van der Waals surface area contributed by atoms with Crippen LogP contribution in [0.2, 0.25) is 0 Å². The predicted octanol–water partition coefficient (Wildman–Crippen LogP) is 1.79. The molecule has 0 saturated carbocycles. The quantitative estimate of drug-likeness (QED) is 0.849. The molecule has 0 atom stereocenters. The van der Waals surface area contributed by atoms with Crippen LogP contribution in [-0.4, -0.2) is 54.6 Å². The summed E-state index contributed by atoms with van der Waals surface area (Å²) in [5.41, 5.74) is 2.64. The molecule has 1 saturated heterocycles. The van der Waals surface area contributed by atoms with Gasteiger partial charge in [-0.15, -0.1) is 0 Å². The first-order valence-corrected chi connectivity index (χ1v) is 9.95. The number of aromatic nitrogens is 2. The molecule has 2 aliphatic rings. The molecule has 8 heteroatoms. The molecule has 8 nitrogen and oxygen atoms in total. The summed E-state index contributed by atoms with van der Waals surface area (Å²) in [5, 5.41) is 2.73. The van der Waals surface area contributed by atoms with E-state index < -0.39 is 0 Å². The number of nitrogens with one attached hydrogen (secondary N) is 1. The van der Waals surface area contributed by atoms with Gasteiger partial charge < -0.3 is 15.0 Å². The first kappa shape index (κ1) is 19.3. The standard InChI is InChI=1S/C21H25N5O3/c1-15(27)23-18-6-4-16(5-7-18)13-19(28)26-8-2-3-17-14-22-21(24-20(17)26)25-9-11-29-12-10-25/h4-7,14H,2-3,8-13H2,1H3,(H,23,27). The minimum Gasteiger partial charge on any atom is -0.378 e. The van der Waals surface area contributed by atoms with Gasteiger partial charge in [0.25, 0.3) is 0 Å². The van der Waals surface area contributed by atoms with Gasteiger partial charge in [0.15, 0.2) is 0 Å². The van der Waals surface area contributed by atoms with E-state index in [0.29, 0.717) is 25.7 Å². The SMILES string of the molecule is CC(=O)Nc1ccc(CC(=O)N2CCCc3cnc(N4CCOCC4)nc32)cc1. The summed E-state index contributed by atoms with van der Waals surface area (Å²) < 4.78 is 5.40. The molecule has 1 aromatic carbocycles. The van der Waals surface area contributed by atoms with Crippen LogP contribution in [0.1, 0.15) is 24.5 Å². The van der Waals surface area contributed by atoms with Crippen molar-refractivity contribution < 1.29 is 14.3 Å². The third kappa shape index (κ3) is 4.54. The van der Waals surface area contributed by atoms with Crippen LogP contribution in [0.15, 0.2) is 30.5 Å². The lowest BCUT2D eigenvalue weighted by Crippen LogP contribution is -2.40. The number of fused-ring (bicyclic) bond motifs is 1. The van der Waals surface area contributed by atoms with Crippen molar-refractivity contribution in [1.82, 2.24) is 9.97 Å². The molecule has 29 heavy (non-hydrogen) atoms. The Labute approximate surface area is 169 Å². The molecule has 2 amide bonds. The Hall–Kier alpha value is -3.00. The summed E-state index contributed by atoms with van der Waals surface area (Å²) in [6.45, 7) is 4.98. The van der Waals surface area contributed by atoms with E-state index in [0.717, 1.165) is 48.6 Å². The van der Waals surface area contributed by atoms with Crippen LogP contribution in [0.25, 0.3) is 0 Å². The van der Waals surface area contributed by atoms with Crippen LogP contribution in [0.4, 0.5) is 17.5 Å². The summed E-state index contributed by atoms with van der Waals surface area (Å²) in [5.74, 6) is 1.29. The molecule has 0 spiro atoms. The van der Waals surface area contributed by atoms with Crippen molar-refractivity contribution in [2.75, 3.05) is 48.0 Å². The van der Waals surface area contributed by atoms with Crippen LogP contribution in [0, 0.1) is 0 Å². The van der Waals surface area contributed by atoms with Gasteiger partial charge in [-0.3, -0.25) is 14.5 Å². The van der Waals surface area contributed by atoms with Crippen molar-refractivity contribution in [3.8, 4) is 0 Å². The van der Waals surface area contributed by atoms with Gasteiger partial charge in [-0.1, -0.05) is 12.1 Å². The highest BCUT2D eigenvalue weighted by Crippen LogP contribution is 2.27. The lowest BCUT2D eigenvalue weighted by atomic mass is 10.1. The Bertz CT molecular complexity index is 894. The van der Waals surface area contributed by atoms with E-state index in [2.05, 4.69) is 15.2 Å². The Balaban J connectivity index is 1.50. The highest BCUT2D eigenvalue weighted by Gasteiger charge is 2.26. The predicted molar refractivity (Wildman–Crippen MR) is 110 cm³/mol. The van der Waals surface area contributed by atoms with Gasteiger partial charge in [0.05, 0.1) is 19.6 Å². The third-order valence-electron chi connectivity index (χ3n) is 5.14. The molecule has 2 aromatic rings. The molecule has 4 rings (SSSR count). The molecule has 0 radical (unpaired) electrons. The number of ether oxygens (including phenoxy) is 1. The monoisotopic (exact) mass is 395 g/mol. The number of hydrogen-bond acceptors (Lipinski definition) is 6. The van der Waals surface area contributed by atoms with Crippen LogP contribution in [0.3, 0.4) is 0 Å². The van der Waals surface area contributed by atoms with Crippen LogP contribution >= 0.6 is 0 Å². The molecular weight excluding hydrogens is 370 g/mol. The second kappa shape index (κ2) is 8.57. The van der Waals surface area contributed by atoms with E-state index in [9.17, 15) is 9.59 Å². The van der Waals surface area contributed by atoms with Crippen molar-refractivity contribution >= 4 is 29.3 Å². The Morgan fingerprint density at radius 2 is 1.90 bits per heavy atom. The number of hydrogen-bond donors (Lipinski definition) is 1. The molecular formula is C21H25N5O3. The topological polar surface area (TPSA) is 87.7 Å². The van der Waals surface area contributed by atoms with Crippen molar-refractivity contribution in [2.45, 2.75) is 26.2 Å². The van der Waals surface area contributed by atoms with Crippen molar-refractivity contribution in [2.24, 2.45) is 0 Å². The smallest absolute Gasteiger partial charge is 0.232 e. The highest BCUT2D eigenvalue weighted by atomic mass is 16.5. The number of anilines is 3. The minimum absolute atomic E-state index is 0.0184. The number of carbonyl (C=O) groups is 2. The fourth-order valence-electron chi connectivity index (χ4n) is 3.67. The lowest BCUT2D eigenvalue weighted by Gasteiger charge is -2.31. The third-order valence-corrected chi connectivity index (χ3v) is 5.14. The molecule has 3 heterocycles. The van der Waals surface area contributed by atoms with Gasteiger partial charge in [0.1, 0.15) is 5.82 Å². The fourth-order valence-corrected chi connectivity index (χ4v) is 3.67. The van der Waals surface area contributed by atoms with Crippen LogP contribution in [-0.2, 0) is 27.2 Å². The zero-order valence-electron chi connectivity index (χ0n) is 16.6. The number of morpholine rings is 1. The molecule has 1 fully saturated rings. The molecule has 1 aromatic heterocycles. The first-order valence-electron chi connectivity index (χ1n) is 9.95. The number of amides is 2. The average Bonchev–Trinajstić information content (AvgIpc) is 2.74. The van der Waals surface area contributed by atoms with Gasteiger partial charge in [-0.2, -0.15) is 4.98 Å². The summed E-state index contributed by atoms with van der Waals surface area (Å²) in [6, 6.07) is 7.36. The van der Waals surface area contributed by atoms with Crippen LogP contribution < -0.4 is 15.1 Å². The van der Waals surface area contributed by atoms with Gasteiger partial charge in [-0.05, 0) is 30.5 Å². The van der Waals surface area contributed by atoms with Gasteiger partial charge in [0.2, 0.25) is 17.8 Å². The molecule has 2 aliphatic heterocycles. The van der Waals surface area contributed by atoms with E-state index in [1.54, 1.807) is 4.90 Å². The maximum absolute atomic E-state index is 13.0. The molecule has 0 bridgehead atoms. The number of benzene rings is 1. The van der Waals surface area contributed by atoms with E-state index >= 15 is 0 Å². The second-order valence-corrected chi connectivity index (χ2v) is 7.32. The van der Waals surface area contributed by atoms with E-state index in [4.69, 9.17) is 9.72 Å². The number of carbonyl (C=O) groups excluding carboxylic acids is 2. The van der Waals surface area contributed by atoms with Gasteiger partial charge in [0, 0.05) is 44.0 Å². The summed E-state index contributed by atoms with van der Waals surface area (Å²) in [6.07, 6.45) is 3.93. The van der Waals surface area contributed by atoms with Crippen molar-refractivity contribution in [3.63, 3.8) is 0 Å². The maximum Gasteiger partial charge on any atom is 0.232 e. The van der Waals surface area contributed by atoms with E-state index in [-0.39, 0.29) is 18.2 Å².